The summed E-state index contributed by atoms with van der Waals surface area (Å²) in [5.74, 6) is 1.23. The molecule has 1 aliphatic heterocycles. The molecule has 4 rings (SSSR count). The summed E-state index contributed by atoms with van der Waals surface area (Å²) >= 11 is 0. The Morgan fingerprint density at radius 3 is 2.86 bits per heavy atom. The van der Waals surface area contributed by atoms with E-state index in [0.29, 0.717) is 19.7 Å². The van der Waals surface area contributed by atoms with E-state index < -0.39 is 0 Å². The molecule has 0 N–H and O–H groups in total. The predicted molar refractivity (Wildman–Crippen MR) is 104 cm³/mol. The van der Waals surface area contributed by atoms with Crippen molar-refractivity contribution in [2.45, 2.75) is 26.4 Å². The molecule has 0 atom stereocenters. The second-order valence-electron chi connectivity index (χ2n) is 7.00. The van der Waals surface area contributed by atoms with Gasteiger partial charge in [0.25, 0.3) is 0 Å². The third-order valence-electron chi connectivity index (χ3n) is 4.77. The molecule has 0 spiro atoms. The number of hydrazine groups is 1. The van der Waals surface area contributed by atoms with Crippen LogP contribution in [0, 0.1) is 5.82 Å². The zero-order valence-corrected chi connectivity index (χ0v) is 16.2. The average Bonchev–Trinajstić information content (AvgIpc) is 3.31. The SMILES string of the molecule is COCCN1Cc2cc(F)ccc2N1c1cccc(-c2nncn2C(C)C)n1. The maximum atomic E-state index is 13.7. The molecule has 0 saturated heterocycles. The largest absolute Gasteiger partial charge is 0.383 e. The topological polar surface area (TPSA) is 59.3 Å². The molecule has 146 valence electrons. The van der Waals surface area contributed by atoms with Crippen molar-refractivity contribution in [1.29, 1.82) is 0 Å². The lowest BCUT2D eigenvalue weighted by Gasteiger charge is -2.29. The number of hydrogen-bond acceptors (Lipinski definition) is 6. The Hall–Kier alpha value is -2.84. The number of benzene rings is 1. The van der Waals surface area contributed by atoms with E-state index in [1.807, 2.05) is 27.8 Å². The van der Waals surface area contributed by atoms with Gasteiger partial charge in [-0.05, 0) is 49.7 Å². The van der Waals surface area contributed by atoms with Crippen molar-refractivity contribution in [3.63, 3.8) is 0 Å². The fourth-order valence-electron chi connectivity index (χ4n) is 3.42. The number of fused-ring (bicyclic) bond motifs is 1. The zero-order chi connectivity index (χ0) is 19.7. The minimum atomic E-state index is -0.237. The number of halogens is 1. The maximum absolute atomic E-state index is 13.7. The van der Waals surface area contributed by atoms with E-state index in [9.17, 15) is 4.39 Å². The van der Waals surface area contributed by atoms with Crippen molar-refractivity contribution in [2.24, 2.45) is 0 Å². The van der Waals surface area contributed by atoms with Crippen LogP contribution in [0.2, 0.25) is 0 Å². The highest BCUT2D eigenvalue weighted by molar-refractivity contribution is 5.67. The molecule has 2 aromatic heterocycles. The van der Waals surface area contributed by atoms with Crippen molar-refractivity contribution < 1.29 is 9.13 Å². The van der Waals surface area contributed by atoms with Gasteiger partial charge < -0.3 is 9.30 Å². The van der Waals surface area contributed by atoms with E-state index in [1.54, 1.807) is 25.6 Å². The fraction of sp³-hybridized carbons (Fsp3) is 0.350. The van der Waals surface area contributed by atoms with E-state index in [2.05, 4.69) is 29.1 Å². The fourth-order valence-corrected chi connectivity index (χ4v) is 3.42. The van der Waals surface area contributed by atoms with Crippen molar-refractivity contribution in [2.75, 3.05) is 25.3 Å². The smallest absolute Gasteiger partial charge is 0.182 e. The molecule has 8 heteroatoms. The molecule has 1 aliphatic rings. The molecular weight excluding hydrogens is 359 g/mol. The van der Waals surface area contributed by atoms with Gasteiger partial charge in [-0.2, -0.15) is 0 Å². The summed E-state index contributed by atoms with van der Waals surface area (Å²) in [5.41, 5.74) is 2.59. The molecule has 0 fully saturated rings. The van der Waals surface area contributed by atoms with Gasteiger partial charge in [0, 0.05) is 26.2 Å². The third-order valence-corrected chi connectivity index (χ3v) is 4.77. The van der Waals surface area contributed by atoms with Crippen molar-refractivity contribution in [1.82, 2.24) is 24.8 Å². The summed E-state index contributed by atoms with van der Waals surface area (Å²) in [6.07, 6.45) is 1.72. The highest BCUT2D eigenvalue weighted by atomic mass is 19.1. The summed E-state index contributed by atoms with van der Waals surface area (Å²) in [4.78, 5) is 4.85. The highest BCUT2D eigenvalue weighted by Crippen LogP contribution is 2.37. The van der Waals surface area contributed by atoms with Gasteiger partial charge in [0.05, 0.1) is 12.3 Å². The summed E-state index contributed by atoms with van der Waals surface area (Å²) in [6, 6.07) is 10.9. The monoisotopic (exact) mass is 382 g/mol. The van der Waals surface area contributed by atoms with Crippen LogP contribution in [0.4, 0.5) is 15.9 Å². The lowest BCUT2D eigenvalue weighted by Crippen LogP contribution is -2.36. The molecule has 3 aromatic rings. The van der Waals surface area contributed by atoms with Gasteiger partial charge in [-0.15, -0.1) is 10.2 Å². The zero-order valence-electron chi connectivity index (χ0n) is 16.2. The Morgan fingerprint density at radius 1 is 1.21 bits per heavy atom. The van der Waals surface area contributed by atoms with Gasteiger partial charge in [0.15, 0.2) is 5.82 Å². The Kier molecular flexibility index (Phi) is 5.06. The van der Waals surface area contributed by atoms with Gasteiger partial charge in [-0.3, -0.25) is 5.01 Å². The Balaban J connectivity index is 1.75. The van der Waals surface area contributed by atoms with Crippen LogP contribution in [0.1, 0.15) is 25.5 Å². The average molecular weight is 382 g/mol. The van der Waals surface area contributed by atoms with Gasteiger partial charge in [-0.25, -0.2) is 14.4 Å². The van der Waals surface area contributed by atoms with Crippen molar-refractivity contribution in [3.8, 4) is 11.5 Å². The summed E-state index contributed by atoms with van der Waals surface area (Å²) in [6.45, 7) is 5.99. The molecule has 0 bridgehead atoms. The molecule has 0 amide bonds. The molecule has 0 radical (unpaired) electrons. The summed E-state index contributed by atoms with van der Waals surface area (Å²) in [5, 5.41) is 12.4. The van der Waals surface area contributed by atoms with Gasteiger partial charge in [0.1, 0.15) is 23.7 Å². The van der Waals surface area contributed by atoms with Crippen LogP contribution in [0.25, 0.3) is 11.5 Å². The van der Waals surface area contributed by atoms with E-state index in [4.69, 9.17) is 9.72 Å². The number of nitrogens with zero attached hydrogens (tertiary/aromatic N) is 6. The van der Waals surface area contributed by atoms with Crippen LogP contribution >= 0.6 is 0 Å². The first-order valence-electron chi connectivity index (χ1n) is 9.27. The van der Waals surface area contributed by atoms with Crippen LogP contribution in [-0.2, 0) is 11.3 Å². The van der Waals surface area contributed by atoms with Crippen LogP contribution in [0.3, 0.4) is 0 Å². The first-order valence-corrected chi connectivity index (χ1v) is 9.27. The van der Waals surface area contributed by atoms with Gasteiger partial charge in [-0.1, -0.05) is 6.07 Å². The van der Waals surface area contributed by atoms with E-state index in [0.717, 1.165) is 28.6 Å². The first-order chi connectivity index (χ1) is 13.6. The number of pyridine rings is 1. The number of hydrogen-bond donors (Lipinski definition) is 0. The molecule has 3 heterocycles. The Labute approximate surface area is 163 Å². The predicted octanol–water partition coefficient (Wildman–Crippen LogP) is 3.58. The number of ether oxygens (including phenoxy) is 1. The number of rotatable bonds is 6. The maximum Gasteiger partial charge on any atom is 0.182 e. The lowest BCUT2D eigenvalue weighted by molar-refractivity contribution is 0.150. The second-order valence-corrected chi connectivity index (χ2v) is 7.00. The van der Waals surface area contributed by atoms with E-state index in [-0.39, 0.29) is 11.9 Å². The summed E-state index contributed by atoms with van der Waals surface area (Å²) in [7, 11) is 1.67. The molecule has 28 heavy (non-hydrogen) atoms. The summed E-state index contributed by atoms with van der Waals surface area (Å²) < 4.78 is 21.0. The molecule has 0 saturated carbocycles. The molecule has 0 unspecified atom stereocenters. The van der Waals surface area contributed by atoms with E-state index in [1.165, 1.54) is 6.07 Å². The molecular formula is C20H23FN6O. The molecule has 7 nitrogen and oxygen atoms in total. The minimum Gasteiger partial charge on any atom is -0.383 e. The standard InChI is InChI=1S/C20H23FN6O/c1-14(2)26-13-22-24-20(26)17-5-4-6-19(23-17)27-18-8-7-16(21)11-15(18)12-25(27)9-10-28-3/h4-8,11,13-14H,9-10,12H2,1-3H3. The Morgan fingerprint density at radius 2 is 2.07 bits per heavy atom. The van der Waals surface area contributed by atoms with Gasteiger partial charge >= 0.3 is 0 Å². The molecule has 0 aliphatic carbocycles. The van der Waals surface area contributed by atoms with E-state index >= 15 is 0 Å². The number of anilines is 2. The van der Waals surface area contributed by atoms with Crippen molar-refractivity contribution in [3.05, 3.63) is 54.1 Å². The minimum absolute atomic E-state index is 0.226. The van der Waals surface area contributed by atoms with Crippen LogP contribution in [0.5, 0.6) is 0 Å². The lowest BCUT2D eigenvalue weighted by atomic mass is 10.2. The number of aromatic nitrogens is 4. The van der Waals surface area contributed by atoms with Crippen LogP contribution in [-0.4, -0.2) is 45.0 Å². The van der Waals surface area contributed by atoms with Crippen LogP contribution < -0.4 is 5.01 Å². The quantitative estimate of drug-likeness (QED) is 0.650. The van der Waals surface area contributed by atoms with Gasteiger partial charge in [0.2, 0.25) is 0 Å². The van der Waals surface area contributed by atoms with Crippen molar-refractivity contribution >= 4 is 11.5 Å². The molecule has 1 aromatic carbocycles. The third kappa shape index (κ3) is 3.36. The Bertz CT molecular complexity index is 973. The highest BCUT2D eigenvalue weighted by Gasteiger charge is 2.30. The number of methoxy groups -OCH3 is 1. The van der Waals surface area contributed by atoms with Crippen LogP contribution in [0.15, 0.2) is 42.7 Å². The second kappa shape index (κ2) is 7.65. The normalized spacial score (nSPS) is 14.1. The first kappa shape index (κ1) is 18.5.